The number of ether oxygens (including phenoxy) is 1. The summed E-state index contributed by atoms with van der Waals surface area (Å²) in [4.78, 5) is 23.5. The van der Waals surface area contributed by atoms with Gasteiger partial charge in [-0.2, -0.15) is 4.98 Å². The Labute approximate surface area is 180 Å². The van der Waals surface area contributed by atoms with Crippen molar-refractivity contribution in [3.05, 3.63) is 71.7 Å². The Kier molecular flexibility index (Phi) is 6.37. The molecule has 1 aliphatic heterocycles. The van der Waals surface area contributed by atoms with Crippen molar-refractivity contribution in [2.75, 3.05) is 41.8 Å². The number of amides is 1. The van der Waals surface area contributed by atoms with Crippen LogP contribution in [0.4, 0.5) is 27.5 Å². The van der Waals surface area contributed by atoms with Crippen LogP contribution in [0.5, 0.6) is 0 Å². The molecule has 160 valence electrons. The molecule has 8 heteroatoms. The Hall–Kier alpha value is -3.52. The van der Waals surface area contributed by atoms with Crippen LogP contribution in [0.1, 0.15) is 11.3 Å². The Bertz CT molecular complexity index is 1050. The fourth-order valence-electron chi connectivity index (χ4n) is 3.33. The van der Waals surface area contributed by atoms with E-state index in [1.54, 1.807) is 30.3 Å². The highest BCUT2D eigenvalue weighted by Gasteiger charge is 2.15. The lowest BCUT2D eigenvalue weighted by Crippen LogP contribution is -2.37. The molecule has 0 aliphatic carbocycles. The first-order chi connectivity index (χ1) is 15.1. The molecule has 1 aromatic heterocycles. The lowest BCUT2D eigenvalue weighted by molar-refractivity contribution is -0.115. The van der Waals surface area contributed by atoms with E-state index < -0.39 is 0 Å². The Balaban J connectivity index is 1.39. The van der Waals surface area contributed by atoms with Crippen LogP contribution in [0.15, 0.2) is 54.6 Å². The van der Waals surface area contributed by atoms with Gasteiger partial charge >= 0.3 is 0 Å². The van der Waals surface area contributed by atoms with E-state index in [4.69, 9.17) is 4.74 Å². The molecule has 0 atom stereocenters. The number of aromatic nitrogens is 2. The molecule has 1 aliphatic rings. The molecule has 1 fully saturated rings. The van der Waals surface area contributed by atoms with Crippen molar-refractivity contribution >= 4 is 29.0 Å². The molecule has 0 unspecified atom stereocenters. The maximum atomic E-state index is 13.7. The van der Waals surface area contributed by atoms with Crippen molar-refractivity contribution in [2.24, 2.45) is 0 Å². The molecule has 4 rings (SSSR count). The predicted octanol–water partition coefficient (Wildman–Crippen LogP) is 3.69. The van der Waals surface area contributed by atoms with Gasteiger partial charge in [0, 0.05) is 36.2 Å². The van der Waals surface area contributed by atoms with Crippen molar-refractivity contribution in [1.29, 1.82) is 0 Å². The second-order valence-corrected chi connectivity index (χ2v) is 7.31. The average molecular weight is 421 g/mol. The van der Waals surface area contributed by atoms with Gasteiger partial charge in [0.25, 0.3) is 0 Å². The first-order valence-electron chi connectivity index (χ1n) is 10.2. The molecule has 2 aromatic carbocycles. The quantitative estimate of drug-likeness (QED) is 0.632. The third-order valence-electron chi connectivity index (χ3n) is 4.89. The van der Waals surface area contributed by atoms with E-state index >= 15 is 0 Å². The lowest BCUT2D eigenvalue weighted by atomic mass is 10.1. The van der Waals surface area contributed by atoms with Gasteiger partial charge in [0.05, 0.1) is 19.6 Å². The minimum Gasteiger partial charge on any atom is -0.378 e. The van der Waals surface area contributed by atoms with Gasteiger partial charge in [-0.15, -0.1) is 0 Å². The number of nitrogens with zero attached hydrogens (tertiary/aromatic N) is 3. The summed E-state index contributed by atoms with van der Waals surface area (Å²) in [7, 11) is 0. The van der Waals surface area contributed by atoms with Crippen LogP contribution in [-0.2, 0) is 16.0 Å². The molecule has 0 spiro atoms. The Morgan fingerprint density at radius 3 is 2.52 bits per heavy atom. The number of hydrogen-bond acceptors (Lipinski definition) is 6. The second-order valence-electron chi connectivity index (χ2n) is 7.31. The number of morpholine rings is 1. The monoisotopic (exact) mass is 421 g/mol. The van der Waals surface area contributed by atoms with Crippen molar-refractivity contribution in [1.82, 2.24) is 9.97 Å². The number of carbonyl (C=O) groups excluding carboxylic acids is 1. The summed E-state index contributed by atoms with van der Waals surface area (Å²) in [6.07, 6.45) is -0.0167. The highest BCUT2D eigenvalue weighted by atomic mass is 19.1. The summed E-state index contributed by atoms with van der Waals surface area (Å²) in [5.74, 6) is 0.731. The van der Waals surface area contributed by atoms with Crippen molar-refractivity contribution < 1.29 is 13.9 Å². The third kappa shape index (κ3) is 5.55. The first kappa shape index (κ1) is 20.7. The molecule has 31 heavy (non-hydrogen) atoms. The standard InChI is InChI=1S/C23H24FN5O2/c1-16-14-21(28-23(25-16)29-10-12-31-13-11-29)26-18-6-8-19(9-7-18)27-22(30)15-17-4-2-3-5-20(17)24/h2-9,14H,10-13,15H2,1H3,(H,27,30)(H,25,26,28). The highest BCUT2D eigenvalue weighted by Crippen LogP contribution is 2.21. The van der Waals surface area contributed by atoms with E-state index in [1.807, 2.05) is 25.1 Å². The van der Waals surface area contributed by atoms with Gasteiger partial charge in [-0.1, -0.05) is 18.2 Å². The molecule has 1 saturated heterocycles. The zero-order chi connectivity index (χ0) is 21.6. The third-order valence-corrected chi connectivity index (χ3v) is 4.89. The van der Waals surface area contributed by atoms with Crippen LogP contribution < -0.4 is 15.5 Å². The van der Waals surface area contributed by atoms with E-state index in [0.29, 0.717) is 36.2 Å². The average Bonchev–Trinajstić information content (AvgIpc) is 2.77. The van der Waals surface area contributed by atoms with Crippen molar-refractivity contribution in [3.8, 4) is 0 Å². The summed E-state index contributed by atoms with van der Waals surface area (Å²) in [6, 6.07) is 15.4. The number of halogens is 1. The zero-order valence-electron chi connectivity index (χ0n) is 17.3. The van der Waals surface area contributed by atoms with Crippen molar-refractivity contribution in [2.45, 2.75) is 13.3 Å². The number of anilines is 4. The number of aryl methyl sites for hydroxylation is 1. The summed E-state index contributed by atoms with van der Waals surface area (Å²) in [6.45, 7) is 4.81. The molecule has 0 radical (unpaired) electrons. The summed E-state index contributed by atoms with van der Waals surface area (Å²) < 4.78 is 19.1. The van der Waals surface area contributed by atoms with Crippen molar-refractivity contribution in [3.63, 3.8) is 0 Å². The molecule has 2 heterocycles. The fraction of sp³-hybridized carbons (Fsp3) is 0.261. The van der Waals surface area contributed by atoms with Gasteiger partial charge in [0.1, 0.15) is 11.6 Å². The summed E-state index contributed by atoms with van der Waals surface area (Å²) in [5.41, 5.74) is 2.71. The molecule has 3 aromatic rings. The van der Waals surface area contributed by atoms with Crippen LogP contribution in [0.3, 0.4) is 0 Å². The van der Waals surface area contributed by atoms with E-state index in [2.05, 4.69) is 25.5 Å². The molecule has 7 nitrogen and oxygen atoms in total. The SMILES string of the molecule is Cc1cc(Nc2ccc(NC(=O)Cc3ccccc3F)cc2)nc(N2CCOCC2)n1. The normalized spacial score (nSPS) is 13.7. The van der Waals surface area contributed by atoms with Gasteiger partial charge in [0.15, 0.2) is 0 Å². The fourth-order valence-corrected chi connectivity index (χ4v) is 3.33. The number of hydrogen-bond donors (Lipinski definition) is 2. The topological polar surface area (TPSA) is 79.4 Å². The Morgan fingerprint density at radius 2 is 1.77 bits per heavy atom. The van der Waals surface area contributed by atoms with Crippen LogP contribution in [0, 0.1) is 12.7 Å². The second kappa shape index (κ2) is 9.53. The van der Waals surface area contributed by atoms with Gasteiger partial charge in [0.2, 0.25) is 11.9 Å². The van der Waals surface area contributed by atoms with E-state index in [0.717, 1.165) is 24.5 Å². The first-order valence-corrected chi connectivity index (χ1v) is 10.2. The maximum absolute atomic E-state index is 13.7. The predicted molar refractivity (Wildman–Crippen MR) is 118 cm³/mol. The largest absolute Gasteiger partial charge is 0.378 e. The molecule has 2 N–H and O–H groups in total. The minimum absolute atomic E-state index is 0.0167. The Morgan fingerprint density at radius 1 is 1.06 bits per heavy atom. The number of benzene rings is 2. The summed E-state index contributed by atoms with van der Waals surface area (Å²) in [5, 5.41) is 6.07. The summed E-state index contributed by atoms with van der Waals surface area (Å²) >= 11 is 0. The van der Waals surface area contributed by atoms with Crippen LogP contribution in [0.25, 0.3) is 0 Å². The minimum atomic E-state index is -0.381. The lowest BCUT2D eigenvalue weighted by Gasteiger charge is -2.27. The molecular formula is C23H24FN5O2. The van der Waals surface area contributed by atoms with Gasteiger partial charge in [-0.05, 0) is 42.8 Å². The number of carbonyl (C=O) groups is 1. The molecule has 1 amide bonds. The van der Waals surface area contributed by atoms with E-state index in [-0.39, 0.29) is 18.1 Å². The zero-order valence-corrected chi connectivity index (χ0v) is 17.3. The van der Waals surface area contributed by atoms with E-state index in [9.17, 15) is 9.18 Å². The van der Waals surface area contributed by atoms with E-state index in [1.165, 1.54) is 6.07 Å². The smallest absolute Gasteiger partial charge is 0.228 e. The molecule has 0 bridgehead atoms. The number of nitrogens with one attached hydrogen (secondary N) is 2. The maximum Gasteiger partial charge on any atom is 0.228 e. The molecule has 0 saturated carbocycles. The van der Waals surface area contributed by atoms with Gasteiger partial charge in [-0.3, -0.25) is 4.79 Å². The van der Waals surface area contributed by atoms with Gasteiger partial charge < -0.3 is 20.3 Å². The van der Waals surface area contributed by atoms with Gasteiger partial charge in [-0.25, -0.2) is 9.37 Å². The number of rotatable bonds is 6. The molecular weight excluding hydrogens is 397 g/mol. The van der Waals surface area contributed by atoms with Crippen LogP contribution >= 0.6 is 0 Å². The van der Waals surface area contributed by atoms with Crippen LogP contribution in [-0.4, -0.2) is 42.2 Å². The van der Waals surface area contributed by atoms with Crippen LogP contribution in [0.2, 0.25) is 0 Å². The highest BCUT2D eigenvalue weighted by molar-refractivity contribution is 5.92.